The number of amides is 2. The van der Waals surface area contributed by atoms with Gasteiger partial charge in [-0.15, -0.1) is 0 Å². The van der Waals surface area contributed by atoms with Gasteiger partial charge in [0.15, 0.2) is 0 Å². The van der Waals surface area contributed by atoms with Crippen LogP contribution in [0.5, 0.6) is 0 Å². The van der Waals surface area contributed by atoms with Crippen LogP contribution < -0.4 is 10.6 Å². The third-order valence-corrected chi connectivity index (χ3v) is 4.05. The molecule has 0 spiro atoms. The predicted molar refractivity (Wildman–Crippen MR) is 94.3 cm³/mol. The van der Waals surface area contributed by atoms with E-state index in [2.05, 4.69) is 10.6 Å². The minimum Gasteiger partial charge on any atom is -0.467 e. The summed E-state index contributed by atoms with van der Waals surface area (Å²) in [5.41, 5.74) is 1.73. The van der Waals surface area contributed by atoms with Crippen molar-refractivity contribution in [3.8, 4) is 0 Å². The van der Waals surface area contributed by atoms with Crippen molar-refractivity contribution in [3.63, 3.8) is 0 Å². The highest BCUT2D eigenvalue weighted by atomic mass is 16.5. The van der Waals surface area contributed by atoms with Gasteiger partial charge in [0.05, 0.1) is 19.0 Å². The maximum Gasteiger partial charge on any atom is 0.319 e. The Kier molecular flexibility index (Phi) is 6.48. The van der Waals surface area contributed by atoms with Crippen LogP contribution in [0.3, 0.4) is 0 Å². The number of anilines is 1. The zero-order chi connectivity index (χ0) is 17.3. The number of carbonyl (C=O) groups is 1. The van der Waals surface area contributed by atoms with Gasteiger partial charge in [-0.2, -0.15) is 0 Å². The van der Waals surface area contributed by atoms with Gasteiger partial charge in [-0.05, 0) is 49.1 Å². The lowest BCUT2D eigenvalue weighted by molar-refractivity contribution is 0.0930. The van der Waals surface area contributed by atoms with Crippen molar-refractivity contribution < 1.29 is 18.7 Å². The molecule has 1 aliphatic heterocycles. The van der Waals surface area contributed by atoms with E-state index >= 15 is 0 Å². The Morgan fingerprint density at radius 2 is 2.20 bits per heavy atom. The molecule has 1 aromatic carbocycles. The standard InChI is InChI=1S/C19H24N2O4/c22-19(20-9-8-17-6-2-10-24-17)21-16-5-1-4-15(12-16)13-23-14-18-7-3-11-25-18/h1,3-5,7,11-12,17H,2,6,8-10,13-14H2,(H2,20,21,22). The molecule has 1 aliphatic rings. The van der Waals surface area contributed by atoms with Crippen LogP contribution in [0.25, 0.3) is 0 Å². The summed E-state index contributed by atoms with van der Waals surface area (Å²) in [7, 11) is 0. The molecule has 6 heteroatoms. The SMILES string of the molecule is O=C(NCCC1CCCO1)Nc1cccc(COCc2ccco2)c1. The summed E-state index contributed by atoms with van der Waals surface area (Å²) in [6, 6.07) is 11.1. The summed E-state index contributed by atoms with van der Waals surface area (Å²) < 4.78 is 16.4. The highest BCUT2D eigenvalue weighted by molar-refractivity contribution is 5.89. The largest absolute Gasteiger partial charge is 0.467 e. The lowest BCUT2D eigenvalue weighted by atomic mass is 10.2. The van der Waals surface area contributed by atoms with Gasteiger partial charge in [0, 0.05) is 18.8 Å². The highest BCUT2D eigenvalue weighted by Crippen LogP contribution is 2.15. The molecule has 25 heavy (non-hydrogen) atoms. The van der Waals surface area contributed by atoms with Gasteiger partial charge < -0.3 is 24.5 Å². The Bertz CT molecular complexity index is 651. The molecule has 1 fully saturated rings. The number of hydrogen-bond donors (Lipinski definition) is 2. The van der Waals surface area contributed by atoms with Crippen molar-refractivity contribution >= 4 is 11.7 Å². The molecule has 1 unspecified atom stereocenters. The molecule has 2 amide bonds. The zero-order valence-corrected chi connectivity index (χ0v) is 14.2. The van der Waals surface area contributed by atoms with Gasteiger partial charge in [-0.1, -0.05) is 12.1 Å². The van der Waals surface area contributed by atoms with Gasteiger partial charge in [0.25, 0.3) is 0 Å². The molecule has 1 saturated heterocycles. The average Bonchev–Trinajstić information content (AvgIpc) is 3.29. The van der Waals surface area contributed by atoms with Crippen molar-refractivity contribution in [2.24, 2.45) is 0 Å². The fraction of sp³-hybridized carbons (Fsp3) is 0.421. The molecule has 2 heterocycles. The van der Waals surface area contributed by atoms with E-state index in [0.29, 0.717) is 19.8 Å². The van der Waals surface area contributed by atoms with E-state index in [-0.39, 0.29) is 12.1 Å². The Balaban J connectivity index is 1.38. The van der Waals surface area contributed by atoms with Gasteiger partial charge in [-0.3, -0.25) is 0 Å². The van der Waals surface area contributed by atoms with Crippen molar-refractivity contribution in [3.05, 3.63) is 54.0 Å². The number of furan rings is 1. The number of hydrogen-bond acceptors (Lipinski definition) is 4. The summed E-state index contributed by atoms with van der Waals surface area (Å²) >= 11 is 0. The Hall–Kier alpha value is -2.31. The van der Waals surface area contributed by atoms with Crippen molar-refractivity contribution in [2.75, 3.05) is 18.5 Å². The lowest BCUT2D eigenvalue weighted by Gasteiger charge is -2.11. The summed E-state index contributed by atoms with van der Waals surface area (Å²) in [4.78, 5) is 12.0. The van der Waals surface area contributed by atoms with Crippen molar-refractivity contribution in [1.82, 2.24) is 5.32 Å². The molecular weight excluding hydrogens is 320 g/mol. The highest BCUT2D eigenvalue weighted by Gasteiger charge is 2.15. The van der Waals surface area contributed by atoms with Crippen LogP contribution in [-0.4, -0.2) is 25.3 Å². The molecule has 1 aromatic heterocycles. The van der Waals surface area contributed by atoms with E-state index in [1.165, 1.54) is 0 Å². The predicted octanol–water partition coefficient (Wildman–Crippen LogP) is 3.69. The zero-order valence-electron chi connectivity index (χ0n) is 14.2. The van der Waals surface area contributed by atoms with Crippen LogP contribution >= 0.6 is 0 Å². The van der Waals surface area contributed by atoms with E-state index in [0.717, 1.165) is 42.9 Å². The van der Waals surface area contributed by atoms with Crippen LogP contribution in [-0.2, 0) is 22.7 Å². The first kappa shape index (κ1) is 17.5. The van der Waals surface area contributed by atoms with Gasteiger partial charge in [0.2, 0.25) is 0 Å². The first-order valence-electron chi connectivity index (χ1n) is 8.65. The Morgan fingerprint density at radius 3 is 3.00 bits per heavy atom. The maximum atomic E-state index is 12.0. The van der Waals surface area contributed by atoms with E-state index in [4.69, 9.17) is 13.9 Å². The number of ether oxygens (including phenoxy) is 2. The molecule has 2 N–H and O–H groups in total. The molecule has 2 aromatic rings. The maximum absolute atomic E-state index is 12.0. The summed E-state index contributed by atoms with van der Waals surface area (Å²) in [5.74, 6) is 0.792. The van der Waals surface area contributed by atoms with Crippen molar-refractivity contribution in [2.45, 2.75) is 38.6 Å². The van der Waals surface area contributed by atoms with Crippen LogP contribution in [0.15, 0.2) is 47.1 Å². The van der Waals surface area contributed by atoms with Crippen LogP contribution in [0.1, 0.15) is 30.6 Å². The van der Waals surface area contributed by atoms with E-state index in [1.807, 2.05) is 36.4 Å². The smallest absolute Gasteiger partial charge is 0.319 e. The Morgan fingerprint density at radius 1 is 1.24 bits per heavy atom. The topological polar surface area (TPSA) is 72.7 Å². The number of nitrogens with one attached hydrogen (secondary N) is 2. The second kappa shape index (κ2) is 9.25. The quantitative estimate of drug-likeness (QED) is 0.766. The molecule has 1 atom stereocenters. The fourth-order valence-corrected chi connectivity index (χ4v) is 2.80. The normalized spacial score (nSPS) is 16.7. The minimum atomic E-state index is -0.202. The average molecular weight is 344 g/mol. The Labute approximate surface area is 147 Å². The molecular formula is C19H24N2O4. The van der Waals surface area contributed by atoms with Gasteiger partial charge in [0.1, 0.15) is 12.4 Å². The number of urea groups is 1. The third-order valence-electron chi connectivity index (χ3n) is 4.05. The molecule has 0 bridgehead atoms. The van der Waals surface area contributed by atoms with E-state index in [1.54, 1.807) is 6.26 Å². The summed E-state index contributed by atoms with van der Waals surface area (Å²) in [6.07, 6.45) is 4.97. The van der Waals surface area contributed by atoms with E-state index in [9.17, 15) is 4.79 Å². The molecule has 0 radical (unpaired) electrons. The van der Waals surface area contributed by atoms with Gasteiger partial charge >= 0.3 is 6.03 Å². The first-order chi connectivity index (χ1) is 12.3. The first-order valence-corrected chi connectivity index (χ1v) is 8.65. The number of carbonyl (C=O) groups excluding carboxylic acids is 1. The van der Waals surface area contributed by atoms with E-state index < -0.39 is 0 Å². The minimum absolute atomic E-state index is 0.202. The molecule has 134 valence electrons. The summed E-state index contributed by atoms with van der Waals surface area (Å²) in [5, 5.41) is 5.71. The monoisotopic (exact) mass is 344 g/mol. The number of rotatable bonds is 8. The number of benzene rings is 1. The van der Waals surface area contributed by atoms with Crippen LogP contribution in [0.4, 0.5) is 10.5 Å². The van der Waals surface area contributed by atoms with Gasteiger partial charge in [-0.25, -0.2) is 4.79 Å². The fourth-order valence-electron chi connectivity index (χ4n) is 2.80. The lowest BCUT2D eigenvalue weighted by Crippen LogP contribution is -2.31. The van der Waals surface area contributed by atoms with Crippen LogP contribution in [0, 0.1) is 0 Å². The second-order valence-electron chi connectivity index (χ2n) is 6.08. The molecule has 6 nitrogen and oxygen atoms in total. The molecule has 0 aliphatic carbocycles. The molecule has 0 saturated carbocycles. The second-order valence-corrected chi connectivity index (χ2v) is 6.08. The van der Waals surface area contributed by atoms with Crippen LogP contribution in [0.2, 0.25) is 0 Å². The summed E-state index contributed by atoms with van der Waals surface area (Å²) in [6.45, 7) is 2.33. The van der Waals surface area contributed by atoms with Crippen molar-refractivity contribution in [1.29, 1.82) is 0 Å². The molecule has 3 rings (SSSR count). The third kappa shape index (κ3) is 5.92.